The van der Waals surface area contributed by atoms with Crippen molar-refractivity contribution >= 4 is 5.82 Å². The SMILES string of the molecule is CN(c1cc(F)ncn1)C1CCOC1. The van der Waals surface area contributed by atoms with Crippen LogP contribution < -0.4 is 4.90 Å². The van der Waals surface area contributed by atoms with E-state index in [9.17, 15) is 4.39 Å². The molecule has 2 heterocycles. The van der Waals surface area contributed by atoms with Crippen molar-refractivity contribution in [1.29, 1.82) is 0 Å². The van der Waals surface area contributed by atoms with Gasteiger partial charge in [-0.25, -0.2) is 9.97 Å². The van der Waals surface area contributed by atoms with Crippen LogP contribution in [0, 0.1) is 5.95 Å². The Balaban J connectivity index is 2.13. The summed E-state index contributed by atoms with van der Waals surface area (Å²) in [5.41, 5.74) is 0. The number of ether oxygens (including phenoxy) is 1. The van der Waals surface area contributed by atoms with Crippen LogP contribution in [-0.2, 0) is 4.74 Å². The molecule has 1 atom stereocenters. The number of likely N-dealkylation sites (N-methyl/N-ethyl adjacent to an activating group) is 1. The topological polar surface area (TPSA) is 38.2 Å². The van der Waals surface area contributed by atoms with Gasteiger partial charge in [0.2, 0.25) is 5.95 Å². The number of halogens is 1. The van der Waals surface area contributed by atoms with Gasteiger partial charge in [0.05, 0.1) is 12.6 Å². The van der Waals surface area contributed by atoms with Crippen LogP contribution in [0.3, 0.4) is 0 Å². The average molecular weight is 197 g/mol. The third-order valence-corrected chi connectivity index (χ3v) is 2.43. The molecule has 0 radical (unpaired) electrons. The minimum atomic E-state index is -0.499. The Morgan fingerprint density at radius 2 is 2.43 bits per heavy atom. The summed E-state index contributed by atoms with van der Waals surface area (Å²) in [5, 5.41) is 0. The van der Waals surface area contributed by atoms with Crippen LogP contribution in [0.15, 0.2) is 12.4 Å². The average Bonchev–Trinajstić information content (AvgIpc) is 2.69. The lowest BCUT2D eigenvalue weighted by atomic mass is 10.2. The zero-order valence-corrected chi connectivity index (χ0v) is 7.98. The summed E-state index contributed by atoms with van der Waals surface area (Å²) in [5.74, 6) is 0.105. The van der Waals surface area contributed by atoms with Gasteiger partial charge in [0, 0.05) is 19.7 Å². The quantitative estimate of drug-likeness (QED) is 0.658. The molecule has 0 N–H and O–H groups in total. The molecule has 1 aliphatic heterocycles. The van der Waals surface area contributed by atoms with Crippen molar-refractivity contribution in [3.63, 3.8) is 0 Å². The molecule has 0 saturated carbocycles. The van der Waals surface area contributed by atoms with E-state index < -0.39 is 5.95 Å². The van der Waals surface area contributed by atoms with Crippen molar-refractivity contribution in [3.8, 4) is 0 Å². The van der Waals surface area contributed by atoms with Crippen molar-refractivity contribution in [2.45, 2.75) is 12.5 Å². The number of hydrogen-bond donors (Lipinski definition) is 0. The summed E-state index contributed by atoms with van der Waals surface area (Å²) < 4.78 is 18.1. The van der Waals surface area contributed by atoms with Crippen molar-refractivity contribution in [1.82, 2.24) is 9.97 Å². The molecule has 5 heteroatoms. The smallest absolute Gasteiger partial charge is 0.218 e. The number of rotatable bonds is 2. The van der Waals surface area contributed by atoms with E-state index in [4.69, 9.17) is 4.74 Å². The molecule has 14 heavy (non-hydrogen) atoms. The number of aromatic nitrogens is 2. The maximum absolute atomic E-state index is 12.8. The predicted octanol–water partition coefficient (Wildman–Crippen LogP) is 0.841. The van der Waals surface area contributed by atoms with E-state index in [2.05, 4.69) is 9.97 Å². The van der Waals surface area contributed by atoms with Crippen LogP contribution in [0.25, 0.3) is 0 Å². The van der Waals surface area contributed by atoms with Crippen LogP contribution in [-0.4, -0.2) is 36.3 Å². The molecule has 0 amide bonds. The van der Waals surface area contributed by atoms with E-state index >= 15 is 0 Å². The highest BCUT2D eigenvalue weighted by atomic mass is 19.1. The molecular formula is C9H12FN3O. The Labute approximate surface area is 81.7 Å². The Kier molecular flexibility index (Phi) is 2.58. The first kappa shape index (κ1) is 9.33. The second-order valence-electron chi connectivity index (χ2n) is 3.33. The number of anilines is 1. The summed E-state index contributed by atoms with van der Waals surface area (Å²) >= 11 is 0. The summed E-state index contributed by atoms with van der Waals surface area (Å²) in [4.78, 5) is 9.34. The standard InChI is InChI=1S/C9H12FN3O/c1-13(7-2-3-14-5-7)9-4-8(10)11-6-12-9/h4,6-7H,2-3,5H2,1H3. The van der Waals surface area contributed by atoms with Gasteiger partial charge in [-0.05, 0) is 6.42 Å². The van der Waals surface area contributed by atoms with Crippen molar-refractivity contribution < 1.29 is 9.13 Å². The molecule has 1 aromatic rings. The molecule has 4 nitrogen and oxygen atoms in total. The molecule has 1 saturated heterocycles. The van der Waals surface area contributed by atoms with Crippen molar-refractivity contribution in [2.24, 2.45) is 0 Å². The van der Waals surface area contributed by atoms with E-state index in [-0.39, 0.29) is 0 Å². The first-order chi connectivity index (χ1) is 6.77. The summed E-state index contributed by atoms with van der Waals surface area (Å²) in [7, 11) is 1.89. The number of nitrogens with zero attached hydrogens (tertiary/aromatic N) is 3. The minimum Gasteiger partial charge on any atom is -0.379 e. The van der Waals surface area contributed by atoms with Gasteiger partial charge in [-0.1, -0.05) is 0 Å². The fourth-order valence-electron chi connectivity index (χ4n) is 1.53. The minimum absolute atomic E-state index is 0.296. The first-order valence-electron chi connectivity index (χ1n) is 4.55. The van der Waals surface area contributed by atoms with Gasteiger partial charge in [0.1, 0.15) is 12.1 Å². The van der Waals surface area contributed by atoms with Crippen LogP contribution in [0.1, 0.15) is 6.42 Å². The van der Waals surface area contributed by atoms with E-state index in [1.54, 1.807) is 0 Å². The normalized spacial score (nSPS) is 21.1. The fourth-order valence-corrected chi connectivity index (χ4v) is 1.53. The lowest BCUT2D eigenvalue weighted by Crippen LogP contribution is -2.32. The maximum atomic E-state index is 12.8. The van der Waals surface area contributed by atoms with E-state index in [0.717, 1.165) is 13.0 Å². The molecule has 2 rings (SSSR count). The Bertz CT molecular complexity index is 315. The molecule has 0 aromatic carbocycles. The predicted molar refractivity (Wildman–Crippen MR) is 49.6 cm³/mol. The third-order valence-electron chi connectivity index (χ3n) is 2.43. The van der Waals surface area contributed by atoms with Gasteiger partial charge in [0.15, 0.2) is 0 Å². The molecule has 1 aromatic heterocycles. The number of hydrogen-bond acceptors (Lipinski definition) is 4. The molecule has 76 valence electrons. The molecule has 1 fully saturated rings. The highest BCUT2D eigenvalue weighted by Crippen LogP contribution is 2.17. The molecule has 0 aliphatic carbocycles. The van der Waals surface area contributed by atoms with Gasteiger partial charge >= 0.3 is 0 Å². The molecule has 1 unspecified atom stereocenters. The van der Waals surface area contributed by atoms with Gasteiger partial charge in [-0.3, -0.25) is 0 Å². The highest BCUT2D eigenvalue weighted by molar-refractivity contribution is 5.37. The van der Waals surface area contributed by atoms with Crippen molar-refractivity contribution in [3.05, 3.63) is 18.3 Å². The lowest BCUT2D eigenvalue weighted by molar-refractivity contribution is 0.193. The van der Waals surface area contributed by atoms with Crippen LogP contribution in [0.4, 0.5) is 10.2 Å². The van der Waals surface area contributed by atoms with E-state index in [1.807, 2.05) is 11.9 Å². The van der Waals surface area contributed by atoms with E-state index in [0.29, 0.717) is 18.5 Å². The summed E-state index contributed by atoms with van der Waals surface area (Å²) in [6.45, 7) is 1.45. The molecular weight excluding hydrogens is 185 g/mol. The van der Waals surface area contributed by atoms with E-state index in [1.165, 1.54) is 12.4 Å². The highest BCUT2D eigenvalue weighted by Gasteiger charge is 2.21. The maximum Gasteiger partial charge on any atom is 0.218 e. The van der Waals surface area contributed by atoms with Gasteiger partial charge < -0.3 is 9.64 Å². The Hall–Kier alpha value is -1.23. The molecule has 1 aliphatic rings. The summed E-state index contributed by atoms with van der Waals surface area (Å²) in [6.07, 6.45) is 2.19. The van der Waals surface area contributed by atoms with Crippen LogP contribution in [0.5, 0.6) is 0 Å². The van der Waals surface area contributed by atoms with Crippen LogP contribution >= 0.6 is 0 Å². The second kappa shape index (κ2) is 3.88. The zero-order chi connectivity index (χ0) is 9.97. The van der Waals surface area contributed by atoms with Gasteiger partial charge in [-0.15, -0.1) is 0 Å². The Morgan fingerprint density at radius 1 is 1.57 bits per heavy atom. The largest absolute Gasteiger partial charge is 0.379 e. The fraction of sp³-hybridized carbons (Fsp3) is 0.556. The van der Waals surface area contributed by atoms with Gasteiger partial charge in [0.25, 0.3) is 0 Å². The lowest BCUT2D eigenvalue weighted by Gasteiger charge is -2.23. The molecule has 0 bridgehead atoms. The summed E-state index contributed by atoms with van der Waals surface area (Å²) in [6, 6.07) is 1.63. The first-order valence-corrected chi connectivity index (χ1v) is 4.55. The Morgan fingerprint density at radius 3 is 3.07 bits per heavy atom. The monoisotopic (exact) mass is 197 g/mol. The second-order valence-corrected chi connectivity index (χ2v) is 3.33. The molecule has 0 spiro atoms. The van der Waals surface area contributed by atoms with Gasteiger partial charge in [-0.2, -0.15) is 4.39 Å². The van der Waals surface area contributed by atoms with Crippen molar-refractivity contribution in [2.75, 3.05) is 25.2 Å². The zero-order valence-electron chi connectivity index (χ0n) is 7.98. The third kappa shape index (κ3) is 1.82. The van der Waals surface area contributed by atoms with Crippen LogP contribution in [0.2, 0.25) is 0 Å².